The van der Waals surface area contributed by atoms with Crippen molar-refractivity contribution in [2.24, 2.45) is 5.73 Å². The molecule has 0 bridgehead atoms. The molecule has 17 heavy (non-hydrogen) atoms. The van der Waals surface area contributed by atoms with Gasteiger partial charge in [-0.3, -0.25) is 4.79 Å². The summed E-state index contributed by atoms with van der Waals surface area (Å²) >= 11 is 0. The number of halogens is 2. The largest absolute Gasteiger partial charge is 0.383 e. The maximum atomic E-state index is 11.5. The first-order valence-electron chi connectivity index (χ1n) is 5.37. The van der Waals surface area contributed by atoms with Crippen LogP contribution in [0.4, 0.5) is 0 Å². The van der Waals surface area contributed by atoms with Gasteiger partial charge in [0.25, 0.3) is 0 Å². The van der Waals surface area contributed by atoms with Gasteiger partial charge < -0.3 is 20.7 Å². The van der Waals surface area contributed by atoms with Crippen molar-refractivity contribution in [1.82, 2.24) is 10.2 Å². The molecule has 1 rings (SSSR count). The second-order valence-corrected chi connectivity index (χ2v) is 4.08. The van der Waals surface area contributed by atoms with Crippen LogP contribution in [0.1, 0.15) is 12.8 Å². The van der Waals surface area contributed by atoms with Crippen LogP contribution < -0.4 is 11.1 Å². The van der Waals surface area contributed by atoms with E-state index in [1.54, 1.807) is 0 Å². The Hall–Kier alpha value is -0.0700. The Kier molecular flexibility index (Phi) is 11.2. The van der Waals surface area contributed by atoms with Crippen LogP contribution >= 0.6 is 24.8 Å². The summed E-state index contributed by atoms with van der Waals surface area (Å²) in [5, 5.41) is 2.85. The van der Waals surface area contributed by atoms with Gasteiger partial charge in [-0.25, -0.2) is 0 Å². The lowest BCUT2D eigenvalue weighted by molar-refractivity contribution is -0.123. The summed E-state index contributed by atoms with van der Waals surface area (Å²) in [5.41, 5.74) is 5.60. The van der Waals surface area contributed by atoms with Gasteiger partial charge in [0.2, 0.25) is 5.91 Å². The third-order valence-corrected chi connectivity index (χ3v) is 2.87. The number of likely N-dealkylation sites (tertiary alicyclic amines) is 1. The van der Waals surface area contributed by atoms with Crippen LogP contribution in [0.2, 0.25) is 0 Å². The molecule has 5 nitrogen and oxygen atoms in total. The number of rotatable bonds is 5. The molecule has 0 aliphatic carbocycles. The SMILES string of the molecule is COCC(N)C(=O)NCC1CCCN1C.Cl.Cl. The highest BCUT2D eigenvalue weighted by molar-refractivity contribution is 5.85. The number of carbonyl (C=O) groups is 1. The second kappa shape index (κ2) is 9.91. The van der Waals surface area contributed by atoms with Gasteiger partial charge in [0, 0.05) is 19.7 Å². The minimum absolute atomic E-state index is 0. The number of carbonyl (C=O) groups excluding carboxylic acids is 1. The van der Waals surface area contributed by atoms with Gasteiger partial charge in [-0.1, -0.05) is 0 Å². The molecular weight excluding hydrogens is 265 g/mol. The first-order chi connectivity index (χ1) is 7.15. The Bertz CT molecular complexity index is 220. The third kappa shape index (κ3) is 6.43. The van der Waals surface area contributed by atoms with E-state index in [9.17, 15) is 4.79 Å². The molecule has 0 aromatic heterocycles. The van der Waals surface area contributed by atoms with Crippen LogP contribution in [0, 0.1) is 0 Å². The molecular formula is C10H23Cl2N3O2. The van der Waals surface area contributed by atoms with Crippen molar-refractivity contribution in [3.8, 4) is 0 Å². The molecule has 1 fully saturated rings. The molecule has 1 saturated heterocycles. The molecule has 0 aromatic carbocycles. The highest BCUT2D eigenvalue weighted by Crippen LogP contribution is 2.13. The number of ether oxygens (including phenoxy) is 1. The van der Waals surface area contributed by atoms with Crippen LogP contribution in [0.3, 0.4) is 0 Å². The first-order valence-corrected chi connectivity index (χ1v) is 5.37. The zero-order valence-corrected chi connectivity index (χ0v) is 12.0. The molecule has 0 spiro atoms. The first kappa shape index (κ1) is 19.3. The molecule has 3 N–H and O–H groups in total. The summed E-state index contributed by atoms with van der Waals surface area (Å²) in [6, 6.07) is -0.0922. The van der Waals surface area contributed by atoms with Crippen molar-refractivity contribution < 1.29 is 9.53 Å². The van der Waals surface area contributed by atoms with Crippen LogP contribution in [0.25, 0.3) is 0 Å². The maximum Gasteiger partial charge on any atom is 0.239 e. The van der Waals surface area contributed by atoms with Crippen LogP contribution in [-0.4, -0.2) is 56.7 Å². The Morgan fingerprint density at radius 2 is 2.24 bits per heavy atom. The minimum Gasteiger partial charge on any atom is -0.383 e. The maximum absolute atomic E-state index is 11.5. The van der Waals surface area contributed by atoms with E-state index in [1.807, 2.05) is 0 Å². The second-order valence-electron chi connectivity index (χ2n) is 4.08. The van der Waals surface area contributed by atoms with Crippen molar-refractivity contribution in [3.63, 3.8) is 0 Å². The number of amides is 1. The van der Waals surface area contributed by atoms with E-state index < -0.39 is 6.04 Å². The van der Waals surface area contributed by atoms with Gasteiger partial charge in [0.05, 0.1) is 6.61 Å². The van der Waals surface area contributed by atoms with Gasteiger partial charge in [-0.05, 0) is 26.4 Å². The summed E-state index contributed by atoms with van der Waals surface area (Å²) in [6.07, 6.45) is 2.36. The normalized spacial score (nSPS) is 21.2. The fraction of sp³-hybridized carbons (Fsp3) is 0.900. The van der Waals surface area contributed by atoms with E-state index in [0.29, 0.717) is 12.6 Å². The summed E-state index contributed by atoms with van der Waals surface area (Å²) in [7, 11) is 3.62. The summed E-state index contributed by atoms with van der Waals surface area (Å²) in [4.78, 5) is 13.7. The fourth-order valence-electron chi connectivity index (χ4n) is 1.84. The van der Waals surface area contributed by atoms with Crippen LogP contribution in [-0.2, 0) is 9.53 Å². The Morgan fingerprint density at radius 3 is 2.71 bits per heavy atom. The summed E-state index contributed by atoms with van der Waals surface area (Å²) in [5.74, 6) is -0.128. The van der Waals surface area contributed by atoms with E-state index in [-0.39, 0.29) is 37.3 Å². The minimum atomic E-state index is -0.554. The van der Waals surface area contributed by atoms with Gasteiger partial charge in [0.1, 0.15) is 6.04 Å². The molecule has 0 radical (unpaired) electrons. The molecule has 0 saturated carbocycles. The topological polar surface area (TPSA) is 67.6 Å². The fourth-order valence-corrected chi connectivity index (χ4v) is 1.84. The number of nitrogens with one attached hydrogen (secondary N) is 1. The number of hydrogen-bond acceptors (Lipinski definition) is 4. The Balaban J connectivity index is 0. The zero-order valence-electron chi connectivity index (χ0n) is 10.3. The molecule has 2 unspecified atom stereocenters. The van der Waals surface area contributed by atoms with Crippen molar-refractivity contribution in [3.05, 3.63) is 0 Å². The van der Waals surface area contributed by atoms with E-state index >= 15 is 0 Å². The molecule has 7 heteroatoms. The highest BCUT2D eigenvalue weighted by atomic mass is 35.5. The smallest absolute Gasteiger partial charge is 0.239 e. The number of nitrogens with zero attached hydrogens (tertiary/aromatic N) is 1. The number of likely N-dealkylation sites (N-methyl/N-ethyl adjacent to an activating group) is 1. The molecule has 2 atom stereocenters. The lowest BCUT2D eigenvalue weighted by Gasteiger charge is -2.20. The highest BCUT2D eigenvalue weighted by Gasteiger charge is 2.22. The Morgan fingerprint density at radius 1 is 1.59 bits per heavy atom. The third-order valence-electron chi connectivity index (χ3n) is 2.87. The van der Waals surface area contributed by atoms with E-state index in [4.69, 9.17) is 10.5 Å². The van der Waals surface area contributed by atoms with E-state index in [1.165, 1.54) is 13.5 Å². The number of nitrogens with two attached hydrogens (primary N) is 1. The van der Waals surface area contributed by atoms with Crippen molar-refractivity contribution in [2.45, 2.75) is 24.9 Å². The van der Waals surface area contributed by atoms with Gasteiger partial charge >= 0.3 is 0 Å². The summed E-state index contributed by atoms with van der Waals surface area (Å²) in [6.45, 7) is 2.07. The van der Waals surface area contributed by atoms with Gasteiger partial charge in [0.15, 0.2) is 0 Å². The number of methoxy groups -OCH3 is 1. The molecule has 1 aliphatic heterocycles. The molecule has 104 valence electrons. The lowest BCUT2D eigenvalue weighted by atomic mass is 10.2. The van der Waals surface area contributed by atoms with Gasteiger partial charge in [-0.15, -0.1) is 24.8 Å². The monoisotopic (exact) mass is 287 g/mol. The average Bonchev–Trinajstić information content (AvgIpc) is 2.61. The quantitative estimate of drug-likeness (QED) is 0.748. The Labute approximate surface area is 115 Å². The summed E-state index contributed by atoms with van der Waals surface area (Å²) < 4.78 is 4.82. The molecule has 1 heterocycles. The standard InChI is InChI=1S/C10H21N3O2.2ClH/c1-13-5-3-4-8(13)6-12-10(14)9(11)7-15-2;;/h8-9H,3-7,11H2,1-2H3,(H,12,14);2*1H. The predicted molar refractivity (Wildman–Crippen MR) is 73.0 cm³/mol. The van der Waals surface area contributed by atoms with Crippen molar-refractivity contribution in [2.75, 3.05) is 33.9 Å². The van der Waals surface area contributed by atoms with E-state index in [2.05, 4.69) is 17.3 Å². The predicted octanol–water partition coefficient (Wildman–Crippen LogP) is 0.0141. The zero-order chi connectivity index (χ0) is 11.3. The van der Waals surface area contributed by atoms with Crippen LogP contribution in [0.5, 0.6) is 0 Å². The van der Waals surface area contributed by atoms with Gasteiger partial charge in [-0.2, -0.15) is 0 Å². The molecule has 0 aromatic rings. The van der Waals surface area contributed by atoms with Crippen LogP contribution in [0.15, 0.2) is 0 Å². The molecule has 1 aliphatic rings. The number of hydrogen-bond donors (Lipinski definition) is 2. The van der Waals surface area contributed by atoms with Crippen molar-refractivity contribution in [1.29, 1.82) is 0 Å². The van der Waals surface area contributed by atoms with E-state index in [0.717, 1.165) is 13.0 Å². The molecule has 1 amide bonds. The lowest BCUT2D eigenvalue weighted by Crippen LogP contribution is -2.47. The average molecular weight is 288 g/mol. The van der Waals surface area contributed by atoms with Crippen molar-refractivity contribution >= 4 is 30.7 Å².